The Hall–Kier alpha value is -1.26. The molecule has 1 heterocycles. The number of nitrogens with zero attached hydrogens (tertiary/aromatic N) is 1. The van der Waals surface area contributed by atoms with Crippen LogP contribution in [0.3, 0.4) is 0 Å². The molecule has 0 aliphatic carbocycles. The maximum atomic E-state index is 13.3. The van der Waals surface area contributed by atoms with Crippen molar-refractivity contribution < 1.29 is 8.78 Å². The Morgan fingerprint density at radius 2 is 2.00 bits per heavy atom. The predicted molar refractivity (Wildman–Crippen MR) is 69.0 cm³/mol. The molecule has 98 valence electrons. The number of hydrogen-bond acceptors (Lipinski definition) is 2. The van der Waals surface area contributed by atoms with Gasteiger partial charge in [0, 0.05) is 18.2 Å². The van der Waals surface area contributed by atoms with Crippen LogP contribution in [0.1, 0.15) is 18.4 Å². The molecule has 1 saturated heterocycles. The summed E-state index contributed by atoms with van der Waals surface area (Å²) in [5.41, 5.74) is 6.11. The third kappa shape index (κ3) is 3.62. The van der Waals surface area contributed by atoms with Crippen LogP contribution in [0.2, 0.25) is 0 Å². The van der Waals surface area contributed by atoms with Crippen molar-refractivity contribution in [3.05, 3.63) is 41.5 Å². The topological polar surface area (TPSA) is 29.3 Å². The lowest BCUT2D eigenvalue weighted by atomic mass is 10.1. The molecule has 18 heavy (non-hydrogen) atoms. The van der Waals surface area contributed by atoms with E-state index in [9.17, 15) is 8.78 Å². The van der Waals surface area contributed by atoms with Gasteiger partial charge in [-0.3, -0.25) is 4.90 Å². The molecule has 1 aromatic carbocycles. The molecule has 1 aliphatic heterocycles. The molecule has 0 spiro atoms. The Balaban J connectivity index is 1.89. The van der Waals surface area contributed by atoms with E-state index < -0.39 is 11.6 Å². The number of hydrogen-bond donors (Lipinski definition) is 1. The maximum Gasteiger partial charge on any atom is 0.130 e. The molecule has 4 heteroatoms. The highest BCUT2D eigenvalue weighted by Gasteiger charge is 2.14. The van der Waals surface area contributed by atoms with E-state index in [4.69, 9.17) is 5.73 Å². The minimum Gasteiger partial charge on any atom is -0.328 e. The number of halogens is 2. The lowest BCUT2D eigenvalue weighted by molar-refractivity contribution is 0.234. The van der Waals surface area contributed by atoms with Crippen LogP contribution in [-0.2, 0) is 0 Å². The summed E-state index contributed by atoms with van der Waals surface area (Å²) < 4.78 is 26.3. The first-order valence-electron chi connectivity index (χ1n) is 6.24. The van der Waals surface area contributed by atoms with Crippen molar-refractivity contribution in [2.24, 2.45) is 5.73 Å². The molecule has 0 radical (unpaired) electrons. The van der Waals surface area contributed by atoms with E-state index >= 15 is 0 Å². The lowest BCUT2D eigenvalue weighted by Gasteiger charge is -2.28. The van der Waals surface area contributed by atoms with Crippen molar-refractivity contribution in [3.8, 4) is 0 Å². The van der Waals surface area contributed by atoms with Gasteiger partial charge in [0.15, 0.2) is 0 Å². The van der Waals surface area contributed by atoms with Gasteiger partial charge in [-0.25, -0.2) is 8.78 Å². The fourth-order valence-electron chi connectivity index (χ4n) is 2.11. The zero-order valence-corrected chi connectivity index (χ0v) is 10.3. The monoisotopic (exact) mass is 252 g/mol. The van der Waals surface area contributed by atoms with Gasteiger partial charge in [-0.05, 0) is 44.1 Å². The van der Waals surface area contributed by atoms with Gasteiger partial charge in [-0.1, -0.05) is 12.2 Å². The van der Waals surface area contributed by atoms with E-state index in [1.54, 1.807) is 6.08 Å². The van der Waals surface area contributed by atoms with Gasteiger partial charge in [0.25, 0.3) is 0 Å². The zero-order valence-electron chi connectivity index (χ0n) is 10.3. The molecule has 0 unspecified atom stereocenters. The second-order valence-corrected chi connectivity index (χ2v) is 4.71. The molecule has 2 N–H and O–H groups in total. The molecule has 1 aliphatic rings. The van der Waals surface area contributed by atoms with E-state index in [0.717, 1.165) is 44.6 Å². The van der Waals surface area contributed by atoms with Gasteiger partial charge in [-0.15, -0.1) is 0 Å². The van der Waals surface area contributed by atoms with Gasteiger partial charge in [0.05, 0.1) is 0 Å². The van der Waals surface area contributed by atoms with Crippen LogP contribution in [0, 0.1) is 11.6 Å². The highest BCUT2D eigenvalue weighted by Crippen LogP contribution is 2.12. The molecule has 1 fully saturated rings. The van der Waals surface area contributed by atoms with Crippen molar-refractivity contribution >= 4 is 6.08 Å². The first-order valence-corrected chi connectivity index (χ1v) is 6.24. The molecule has 2 nitrogen and oxygen atoms in total. The SMILES string of the molecule is NC1CCN(CC=Cc2cc(F)ccc2F)CC1. The van der Waals surface area contributed by atoms with Gasteiger partial charge in [-0.2, -0.15) is 0 Å². The zero-order chi connectivity index (χ0) is 13.0. The average molecular weight is 252 g/mol. The summed E-state index contributed by atoms with van der Waals surface area (Å²) in [4.78, 5) is 2.26. The van der Waals surface area contributed by atoms with E-state index in [1.165, 1.54) is 6.07 Å². The van der Waals surface area contributed by atoms with E-state index in [2.05, 4.69) is 4.90 Å². The van der Waals surface area contributed by atoms with Crippen LogP contribution in [0.4, 0.5) is 8.78 Å². The number of likely N-dealkylation sites (tertiary alicyclic amines) is 1. The minimum atomic E-state index is -0.417. The smallest absolute Gasteiger partial charge is 0.130 e. The second-order valence-electron chi connectivity index (χ2n) is 4.71. The average Bonchev–Trinajstić information content (AvgIpc) is 2.36. The fraction of sp³-hybridized carbons (Fsp3) is 0.429. The Kier molecular flexibility index (Phi) is 4.44. The van der Waals surface area contributed by atoms with Crippen LogP contribution >= 0.6 is 0 Å². The second kappa shape index (κ2) is 6.07. The maximum absolute atomic E-state index is 13.3. The molecule has 1 aromatic rings. The summed E-state index contributed by atoms with van der Waals surface area (Å²) in [6, 6.07) is 3.79. The lowest BCUT2D eigenvalue weighted by Crippen LogP contribution is -2.39. The van der Waals surface area contributed by atoms with Crippen molar-refractivity contribution in [1.29, 1.82) is 0 Å². The minimum absolute atomic E-state index is 0.295. The van der Waals surface area contributed by atoms with Gasteiger partial charge >= 0.3 is 0 Å². The van der Waals surface area contributed by atoms with Crippen LogP contribution in [-0.4, -0.2) is 30.6 Å². The first kappa shape index (κ1) is 13.2. The van der Waals surface area contributed by atoms with Crippen LogP contribution in [0.15, 0.2) is 24.3 Å². The van der Waals surface area contributed by atoms with Crippen molar-refractivity contribution in [3.63, 3.8) is 0 Å². The van der Waals surface area contributed by atoms with Crippen LogP contribution in [0.25, 0.3) is 6.08 Å². The molecular weight excluding hydrogens is 234 g/mol. The van der Waals surface area contributed by atoms with Gasteiger partial charge < -0.3 is 5.73 Å². The third-order valence-corrected chi connectivity index (χ3v) is 3.25. The first-order chi connectivity index (χ1) is 8.65. The standard InChI is InChI=1S/C14H18F2N2/c15-12-3-4-14(16)11(10-12)2-1-7-18-8-5-13(17)6-9-18/h1-4,10,13H,5-9,17H2. The molecular formula is C14H18F2N2. The molecule has 0 amide bonds. The normalized spacial score (nSPS) is 18.6. The number of rotatable bonds is 3. The Morgan fingerprint density at radius 1 is 1.28 bits per heavy atom. The van der Waals surface area contributed by atoms with Crippen molar-refractivity contribution in [2.45, 2.75) is 18.9 Å². The summed E-state index contributed by atoms with van der Waals surface area (Å²) in [6.45, 7) is 2.69. The Labute approximate surface area is 106 Å². The highest BCUT2D eigenvalue weighted by atomic mass is 19.1. The molecule has 0 bridgehead atoms. The molecule has 0 saturated carbocycles. The van der Waals surface area contributed by atoms with Gasteiger partial charge in [0.2, 0.25) is 0 Å². The number of benzene rings is 1. The molecule has 2 rings (SSSR count). The Morgan fingerprint density at radius 3 is 2.72 bits per heavy atom. The van der Waals surface area contributed by atoms with Gasteiger partial charge in [0.1, 0.15) is 11.6 Å². The molecule has 0 aromatic heterocycles. The van der Waals surface area contributed by atoms with E-state index in [1.807, 2.05) is 6.08 Å². The summed E-state index contributed by atoms with van der Waals surface area (Å²) in [5, 5.41) is 0. The quantitative estimate of drug-likeness (QED) is 0.895. The largest absolute Gasteiger partial charge is 0.328 e. The third-order valence-electron chi connectivity index (χ3n) is 3.25. The summed E-state index contributed by atoms with van der Waals surface area (Å²) in [5.74, 6) is -0.812. The van der Waals surface area contributed by atoms with Crippen LogP contribution < -0.4 is 5.73 Å². The number of piperidine rings is 1. The Bertz CT molecular complexity index is 424. The van der Waals surface area contributed by atoms with Crippen LogP contribution in [0.5, 0.6) is 0 Å². The summed E-state index contributed by atoms with van der Waals surface area (Å²) >= 11 is 0. The van der Waals surface area contributed by atoms with E-state index in [0.29, 0.717) is 11.6 Å². The number of nitrogens with two attached hydrogens (primary N) is 1. The summed E-state index contributed by atoms with van der Waals surface area (Å²) in [7, 11) is 0. The highest BCUT2D eigenvalue weighted by molar-refractivity contribution is 5.50. The van der Waals surface area contributed by atoms with E-state index in [-0.39, 0.29) is 0 Å². The van der Waals surface area contributed by atoms with Crippen molar-refractivity contribution in [2.75, 3.05) is 19.6 Å². The summed E-state index contributed by atoms with van der Waals surface area (Å²) in [6.07, 6.45) is 5.51. The predicted octanol–water partition coefficient (Wildman–Crippen LogP) is 2.40. The van der Waals surface area contributed by atoms with Crippen molar-refractivity contribution in [1.82, 2.24) is 4.90 Å². The fourth-order valence-corrected chi connectivity index (χ4v) is 2.11. The molecule has 0 atom stereocenters.